The Hall–Kier alpha value is -0.540. The van der Waals surface area contributed by atoms with Crippen LogP contribution >= 0.6 is 11.6 Å². The molecule has 0 saturated carbocycles. The van der Waals surface area contributed by atoms with E-state index in [4.69, 9.17) is 17.3 Å². The number of nitrogens with two attached hydrogens (primary N) is 1. The Labute approximate surface area is 83.9 Å². The maximum Gasteiger partial charge on any atom is 0.150 e. The van der Waals surface area contributed by atoms with Crippen LogP contribution in [0.1, 0.15) is 31.3 Å². The summed E-state index contributed by atoms with van der Waals surface area (Å²) >= 11 is 5.98. The zero-order valence-corrected chi connectivity index (χ0v) is 8.93. The van der Waals surface area contributed by atoms with E-state index in [0.29, 0.717) is 11.7 Å². The molecule has 1 aromatic heterocycles. The Morgan fingerprint density at radius 1 is 1.54 bits per heavy atom. The highest BCUT2D eigenvalue weighted by Gasteiger charge is 2.10. The normalized spacial score (nSPS) is 10.8. The maximum absolute atomic E-state index is 5.98. The molecule has 0 aliphatic heterocycles. The first-order valence-electron chi connectivity index (χ1n) is 4.60. The van der Waals surface area contributed by atoms with Gasteiger partial charge in [0.15, 0.2) is 5.15 Å². The summed E-state index contributed by atoms with van der Waals surface area (Å²) < 4.78 is 2.00. The highest BCUT2D eigenvalue weighted by Crippen LogP contribution is 2.17. The monoisotopic (exact) mass is 201 g/mol. The summed E-state index contributed by atoms with van der Waals surface area (Å²) in [5.41, 5.74) is 6.62. The zero-order valence-electron chi connectivity index (χ0n) is 8.18. The van der Waals surface area contributed by atoms with E-state index in [9.17, 15) is 0 Å². The number of hydrogen-bond acceptors (Lipinski definition) is 2. The summed E-state index contributed by atoms with van der Waals surface area (Å²) in [5, 5.41) is 0.608. The van der Waals surface area contributed by atoms with Gasteiger partial charge in [-0.15, -0.1) is 0 Å². The molecule has 0 amide bonds. The molecule has 0 aromatic carbocycles. The minimum Gasteiger partial charge on any atom is -0.333 e. The predicted octanol–water partition coefficient (Wildman–Crippen LogP) is 1.87. The first-order chi connectivity index (χ1) is 6.20. The van der Waals surface area contributed by atoms with Gasteiger partial charge in [0, 0.05) is 7.05 Å². The zero-order chi connectivity index (χ0) is 9.84. The molecule has 0 fully saturated rings. The molecular weight excluding hydrogens is 186 g/mol. The van der Waals surface area contributed by atoms with E-state index in [1.54, 1.807) is 0 Å². The fourth-order valence-corrected chi connectivity index (χ4v) is 1.66. The number of unbranched alkanes of at least 4 members (excludes halogenated alkanes) is 1. The minimum atomic E-state index is 0.447. The molecule has 2 N–H and O–H groups in total. The van der Waals surface area contributed by atoms with Gasteiger partial charge in [-0.1, -0.05) is 24.9 Å². The molecule has 0 spiro atoms. The van der Waals surface area contributed by atoms with Crippen molar-refractivity contribution in [1.82, 2.24) is 9.55 Å². The Morgan fingerprint density at radius 3 is 2.69 bits per heavy atom. The molecular formula is C9H16ClN3. The summed E-state index contributed by atoms with van der Waals surface area (Å²) in [5.74, 6) is 0.858. The van der Waals surface area contributed by atoms with Gasteiger partial charge in [-0.25, -0.2) is 4.98 Å². The first kappa shape index (κ1) is 10.5. The van der Waals surface area contributed by atoms with Crippen LogP contribution in [-0.2, 0) is 20.0 Å². The predicted molar refractivity (Wildman–Crippen MR) is 54.7 cm³/mol. The van der Waals surface area contributed by atoms with E-state index in [-0.39, 0.29) is 0 Å². The van der Waals surface area contributed by atoms with Crippen LogP contribution in [0.15, 0.2) is 0 Å². The lowest BCUT2D eigenvalue weighted by Crippen LogP contribution is -2.06. The molecule has 0 radical (unpaired) electrons. The van der Waals surface area contributed by atoms with Crippen molar-refractivity contribution in [2.24, 2.45) is 12.8 Å². The number of hydrogen-bond donors (Lipinski definition) is 1. The fraction of sp³-hybridized carbons (Fsp3) is 0.667. The van der Waals surface area contributed by atoms with Crippen molar-refractivity contribution in [2.45, 2.75) is 32.7 Å². The van der Waals surface area contributed by atoms with Crippen LogP contribution in [0, 0.1) is 0 Å². The van der Waals surface area contributed by atoms with Crippen LogP contribution in [0.25, 0.3) is 0 Å². The molecule has 74 valence electrons. The molecule has 1 aromatic rings. The minimum absolute atomic E-state index is 0.447. The molecule has 0 bridgehead atoms. The van der Waals surface area contributed by atoms with E-state index in [1.807, 2.05) is 11.6 Å². The molecule has 1 heterocycles. The molecule has 1 rings (SSSR count). The van der Waals surface area contributed by atoms with Crippen molar-refractivity contribution in [3.05, 3.63) is 16.7 Å². The number of aromatic nitrogens is 2. The van der Waals surface area contributed by atoms with Gasteiger partial charge in [0.1, 0.15) is 5.82 Å². The number of nitrogens with zero attached hydrogens (tertiary/aromatic N) is 2. The molecule has 0 saturated heterocycles. The van der Waals surface area contributed by atoms with Crippen LogP contribution in [0.5, 0.6) is 0 Å². The van der Waals surface area contributed by atoms with Crippen LogP contribution in [0.3, 0.4) is 0 Å². The van der Waals surface area contributed by atoms with Crippen LogP contribution < -0.4 is 5.73 Å². The summed E-state index contributed by atoms with van der Waals surface area (Å²) in [6.45, 7) is 2.61. The van der Waals surface area contributed by atoms with E-state index in [2.05, 4.69) is 11.9 Å². The molecule has 3 nitrogen and oxygen atoms in total. The average molecular weight is 202 g/mol. The summed E-state index contributed by atoms with van der Waals surface area (Å²) in [6.07, 6.45) is 3.29. The maximum atomic E-state index is 5.98. The van der Waals surface area contributed by atoms with Crippen LogP contribution in [0.2, 0.25) is 5.15 Å². The van der Waals surface area contributed by atoms with E-state index in [1.165, 1.54) is 6.42 Å². The highest BCUT2D eigenvalue weighted by molar-refractivity contribution is 6.30. The largest absolute Gasteiger partial charge is 0.333 e. The van der Waals surface area contributed by atoms with Gasteiger partial charge in [-0.2, -0.15) is 0 Å². The standard InChI is InChI=1S/C9H16ClN3/c1-3-4-5-7-9(10)12-8(6-11)13(7)2/h3-6,11H2,1-2H3. The second-order valence-corrected chi connectivity index (χ2v) is 3.49. The van der Waals surface area contributed by atoms with Crippen molar-refractivity contribution in [3.63, 3.8) is 0 Å². The Bertz CT molecular complexity index is 281. The fourth-order valence-electron chi connectivity index (χ4n) is 1.34. The van der Waals surface area contributed by atoms with E-state index < -0.39 is 0 Å². The third-order valence-corrected chi connectivity index (χ3v) is 2.51. The molecule has 0 unspecified atom stereocenters. The van der Waals surface area contributed by atoms with Crippen molar-refractivity contribution in [3.8, 4) is 0 Å². The van der Waals surface area contributed by atoms with Gasteiger partial charge in [-0.05, 0) is 12.8 Å². The van der Waals surface area contributed by atoms with Crippen LogP contribution in [-0.4, -0.2) is 9.55 Å². The van der Waals surface area contributed by atoms with Gasteiger partial charge in [0.2, 0.25) is 0 Å². The quantitative estimate of drug-likeness (QED) is 0.809. The summed E-state index contributed by atoms with van der Waals surface area (Å²) in [6, 6.07) is 0. The number of rotatable bonds is 4. The average Bonchev–Trinajstić information content (AvgIpc) is 2.39. The molecule has 4 heteroatoms. The molecule has 0 aliphatic rings. The third kappa shape index (κ3) is 2.23. The van der Waals surface area contributed by atoms with Crippen molar-refractivity contribution in [1.29, 1.82) is 0 Å². The SMILES string of the molecule is CCCCc1c(Cl)nc(CN)n1C. The van der Waals surface area contributed by atoms with Crippen molar-refractivity contribution in [2.75, 3.05) is 0 Å². The number of imidazole rings is 1. The lowest BCUT2D eigenvalue weighted by atomic mass is 10.2. The van der Waals surface area contributed by atoms with Crippen molar-refractivity contribution >= 4 is 11.6 Å². The first-order valence-corrected chi connectivity index (χ1v) is 4.98. The Morgan fingerprint density at radius 2 is 2.23 bits per heavy atom. The van der Waals surface area contributed by atoms with E-state index in [0.717, 1.165) is 24.4 Å². The lowest BCUT2D eigenvalue weighted by Gasteiger charge is -2.03. The van der Waals surface area contributed by atoms with Gasteiger partial charge in [0.25, 0.3) is 0 Å². The van der Waals surface area contributed by atoms with Gasteiger partial charge in [0.05, 0.1) is 12.2 Å². The van der Waals surface area contributed by atoms with E-state index >= 15 is 0 Å². The van der Waals surface area contributed by atoms with Gasteiger partial charge < -0.3 is 10.3 Å². The van der Waals surface area contributed by atoms with Gasteiger partial charge >= 0.3 is 0 Å². The topological polar surface area (TPSA) is 43.8 Å². The molecule has 13 heavy (non-hydrogen) atoms. The number of halogens is 1. The Kier molecular flexibility index (Phi) is 3.75. The van der Waals surface area contributed by atoms with Gasteiger partial charge in [-0.3, -0.25) is 0 Å². The summed E-state index contributed by atoms with van der Waals surface area (Å²) in [7, 11) is 1.96. The molecule has 0 aliphatic carbocycles. The van der Waals surface area contributed by atoms with Crippen molar-refractivity contribution < 1.29 is 0 Å². The Balaban J connectivity index is 2.85. The third-order valence-electron chi connectivity index (χ3n) is 2.21. The summed E-state index contributed by atoms with van der Waals surface area (Å²) in [4.78, 5) is 4.18. The second kappa shape index (κ2) is 4.63. The smallest absolute Gasteiger partial charge is 0.150 e. The van der Waals surface area contributed by atoms with Crippen LogP contribution in [0.4, 0.5) is 0 Å². The highest BCUT2D eigenvalue weighted by atomic mass is 35.5. The lowest BCUT2D eigenvalue weighted by molar-refractivity contribution is 0.706. The molecule has 0 atom stereocenters. The second-order valence-electron chi connectivity index (χ2n) is 3.13.